The average Bonchev–Trinajstić information content (AvgIpc) is 2.39. The predicted octanol–water partition coefficient (Wildman–Crippen LogP) is 3.44. The summed E-state index contributed by atoms with van der Waals surface area (Å²) in [5.41, 5.74) is 2.19. The number of aromatic nitrogens is 1. The zero-order valence-electron chi connectivity index (χ0n) is 10.1. The first kappa shape index (κ1) is 12.0. The highest BCUT2D eigenvalue weighted by atomic mass is 16.5. The lowest BCUT2D eigenvalue weighted by atomic mass is 10.1. The summed E-state index contributed by atoms with van der Waals surface area (Å²) in [7, 11) is 0. The van der Waals surface area contributed by atoms with Gasteiger partial charge in [-0.1, -0.05) is 24.8 Å². The number of hydrogen-bond donors (Lipinski definition) is 0. The second-order valence-electron chi connectivity index (χ2n) is 3.89. The van der Waals surface area contributed by atoms with Gasteiger partial charge < -0.3 is 4.74 Å². The SMILES string of the molecule is C=C(C)OC(=O)c1cccc(-c2ccccn2)c1. The van der Waals surface area contributed by atoms with Gasteiger partial charge in [0.15, 0.2) is 0 Å². The average molecular weight is 239 g/mol. The molecule has 1 heterocycles. The molecule has 2 rings (SSSR count). The minimum Gasteiger partial charge on any atom is -0.428 e. The molecule has 2 aromatic rings. The molecule has 0 N–H and O–H groups in total. The minimum absolute atomic E-state index is 0.378. The van der Waals surface area contributed by atoms with Crippen LogP contribution in [-0.2, 0) is 4.74 Å². The Hall–Kier alpha value is -2.42. The molecule has 0 spiro atoms. The summed E-state index contributed by atoms with van der Waals surface area (Å²) < 4.78 is 4.97. The van der Waals surface area contributed by atoms with Crippen molar-refractivity contribution < 1.29 is 9.53 Å². The van der Waals surface area contributed by atoms with Crippen molar-refractivity contribution in [3.8, 4) is 11.3 Å². The number of benzene rings is 1. The van der Waals surface area contributed by atoms with E-state index in [1.54, 1.807) is 31.3 Å². The molecule has 0 fully saturated rings. The van der Waals surface area contributed by atoms with E-state index in [0.717, 1.165) is 11.3 Å². The van der Waals surface area contributed by atoms with Gasteiger partial charge in [-0.2, -0.15) is 0 Å². The standard InChI is InChI=1S/C15H13NO2/c1-11(2)18-15(17)13-7-5-6-12(10-13)14-8-3-4-9-16-14/h3-10H,1H2,2H3. The molecule has 0 bridgehead atoms. The Kier molecular flexibility index (Phi) is 3.53. The number of carbonyl (C=O) groups is 1. The fourth-order valence-electron chi connectivity index (χ4n) is 1.56. The lowest BCUT2D eigenvalue weighted by Gasteiger charge is -2.05. The maximum atomic E-state index is 11.7. The van der Waals surface area contributed by atoms with E-state index in [9.17, 15) is 4.79 Å². The van der Waals surface area contributed by atoms with Gasteiger partial charge in [0.25, 0.3) is 0 Å². The molecule has 3 heteroatoms. The van der Waals surface area contributed by atoms with Gasteiger partial charge in [-0.05, 0) is 31.2 Å². The van der Waals surface area contributed by atoms with Crippen molar-refractivity contribution in [1.82, 2.24) is 4.98 Å². The Bertz CT molecular complexity index is 576. The van der Waals surface area contributed by atoms with Gasteiger partial charge in [0.1, 0.15) is 0 Å². The van der Waals surface area contributed by atoms with E-state index in [1.165, 1.54) is 0 Å². The van der Waals surface area contributed by atoms with Crippen molar-refractivity contribution in [2.75, 3.05) is 0 Å². The van der Waals surface area contributed by atoms with Crippen LogP contribution in [0.25, 0.3) is 11.3 Å². The molecule has 18 heavy (non-hydrogen) atoms. The molecule has 0 radical (unpaired) electrons. The number of hydrogen-bond acceptors (Lipinski definition) is 3. The van der Waals surface area contributed by atoms with Crippen LogP contribution in [0.3, 0.4) is 0 Å². The van der Waals surface area contributed by atoms with Gasteiger partial charge in [0.05, 0.1) is 17.0 Å². The van der Waals surface area contributed by atoms with Gasteiger partial charge in [-0.3, -0.25) is 4.98 Å². The first-order valence-corrected chi connectivity index (χ1v) is 5.56. The quantitative estimate of drug-likeness (QED) is 0.608. The summed E-state index contributed by atoms with van der Waals surface area (Å²) in [6, 6.07) is 12.8. The number of allylic oxidation sites excluding steroid dienone is 1. The second kappa shape index (κ2) is 5.27. The third-order valence-electron chi connectivity index (χ3n) is 2.33. The minimum atomic E-state index is -0.403. The largest absolute Gasteiger partial charge is 0.428 e. The smallest absolute Gasteiger partial charge is 0.343 e. The molecule has 3 nitrogen and oxygen atoms in total. The Labute approximate surface area is 106 Å². The zero-order chi connectivity index (χ0) is 13.0. The summed E-state index contributed by atoms with van der Waals surface area (Å²) in [5, 5.41) is 0. The van der Waals surface area contributed by atoms with Crippen molar-refractivity contribution in [2.45, 2.75) is 6.92 Å². The molecule has 0 aliphatic carbocycles. The number of rotatable bonds is 3. The Morgan fingerprint density at radius 1 is 1.22 bits per heavy atom. The molecule has 0 aliphatic rings. The summed E-state index contributed by atoms with van der Waals surface area (Å²) in [6.07, 6.45) is 1.72. The van der Waals surface area contributed by atoms with Gasteiger partial charge in [-0.25, -0.2) is 4.79 Å². The van der Waals surface area contributed by atoms with Crippen LogP contribution < -0.4 is 0 Å². The molecule has 0 unspecified atom stereocenters. The maximum Gasteiger partial charge on any atom is 0.343 e. The van der Waals surface area contributed by atoms with Crippen LogP contribution in [0, 0.1) is 0 Å². The molecule has 1 aromatic heterocycles. The van der Waals surface area contributed by atoms with Crippen LogP contribution in [0.4, 0.5) is 0 Å². The maximum absolute atomic E-state index is 11.7. The van der Waals surface area contributed by atoms with Crippen LogP contribution in [0.2, 0.25) is 0 Å². The molecule has 1 aromatic carbocycles. The summed E-state index contributed by atoms with van der Waals surface area (Å²) >= 11 is 0. The van der Waals surface area contributed by atoms with Crippen LogP contribution >= 0.6 is 0 Å². The summed E-state index contributed by atoms with van der Waals surface area (Å²) in [5.74, 6) is -0.0245. The normalized spacial score (nSPS) is 9.83. The third-order valence-corrected chi connectivity index (χ3v) is 2.33. The Balaban J connectivity index is 2.31. The highest BCUT2D eigenvalue weighted by Gasteiger charge is 2.09. The molecule has 0 saturated heterocycles. The molecular formula is C15H13NO2. The Morgan fingerprint density at radius 2 is 2.06 bits per heavy atom. The second-order valence-corrected chi connectivity index (χ2v) is 3.89. The van der Waals surface area contributed by atoms with E-state index in [-0.39, 0.29) is 0 Å². The number of ether oxygens (including phenoxy) is 1. The van der Waals surface area contributed by atoms with Gasteiger partial charge in [0, 0.05) is 11.8 Å². The zero-order valence-corrected chi connectivity index (χ0v) is 10.1. The number of nitrogens with zero attached hydrogens (tertiary/aromatic N) is 1. The molecule has 0 aliphatic heterocycles. The van der Waals surface area contributed by atoms with Crippen molar-refractivity contribution in [3.63, 3.8) is 0 Å². The fourth-order valence-corrected chi connectivity index (χ4v) is 1.56. The van der Waals surface area contributed by atoms with Crippen LogP contribution in [-0.4, -0.2) is 11.0 Å². The van der Waals surface area contributed by atoms with Crippen LogP contribution in [0.15, 0.2) is 61.0 Å². The fraction of sp³-hybridized carbons (Fsp3) is 0.0667. The number of carbonyl (C=O) groups excluding carboxylic acids is 1. The highest BCUT2D eigenvalue weighted by molar-refractivity contribution is 5.91. The van der Waals surface area contributed by atoms with Crippen molar-refractivity contribution >= 4 is 5.97 Å². The van der Waals surface area contributed by atoms with E-state index in [0.29, 0.717) is 11.3 Å². The monoisotopic (exact) mass is 239 g/mol. The summed E-state index contributed by atoms with van der Waals surface area (Å²) in [6.45, 7) is 5.19. The molecule has 0 saturated carbocycles. The molecule has 0 atom stereocenters. The molecule has 90 valence electrons. The summed E-state index contributed by atoms with van der Waals surface area (Å²) in [4.78, 5) is 16.0. The number of pyridine rings is 1. The van der Waals surface area contributed by atoms with E-state index in [1.807, 2.05) is 24.3 Å². The van der Waals surface area contributed by atoms with Gasteiger partial charge >= 0.3 is 5.97 Å². The lowest BCUT2D eigenvalue weighted by Crippen LogP contribution is -2.03. The van der Waals surface area contributed by atoms with Gasteiger partial charge in [-0.15, -0.1) is 0 Å². The van der Waals surface area contributed by atoms with Crippen molar-refractivity contribution in [1.29, 1.82) is 0 Å². The lowest BCUT2D eigenvalue weighted by molar-refractivity contribution is 0.0628. The van der Waals surface area contributed by atoms with E-state index in [4.69, 9.17) is 4.74 Å². The molecular weight excluding hydrogens is 226 g/mol. The highest BCUT2D eigenvalue weighted by Crippen LogP contribution is 2.18. The first-order valence-electron chi connectivity index (χ1n) is 5.56. The van der Waals surface area contributed by atoms with Crippen molar-refractivity contribution in [2.24, 2.45) is 0 Å². The van der Waals surface area contributed by atoms with E-state index < -0.39 is 5.97 Å². The van der Waals surface area contributed by atoms with Crippen LogP contribution in [0.5, 0.6) is 0 Å². The van der Waals surface area contributed by atoms with Crippen molar-refractivity contribution in [3.05, 3.63) is 66.6 Å². The van der Waals surface area contributed by atoms with E-state index in [2.05, 4.69) is 11.6 Å². The molecule has 0 amide bonds. The first-order chi connectivity index (χ1) is 8.66. The number of esters is 1. The predicted molar refractivity (Wildman–Crippen MR) is 69.9 cm³/mol. The van der Waals surface area contributed by atoms with Crippen LogP contribution in [0.1, 0.15) is 17.3 Å². The Morgan fingerprint density at radius 3 is 2.72 bits per heavy atom. The third kappa shape index (κ3) is 2.83. The van der Waals surface area contributed by atoms with E-state index >= 15 is 0 Å². The topological polar surface area (TPSA) is 39.2 Å². The van der Waals surface area contributed by atoms with Gasteiger partial charge in [0.2, 0.25) is 0 Å².